The highest BCUT2D eigenvalue weighted by atomic mass is 16.5. The van der Waals surface area contributed by atoms with Crippen LogP contribution in [0.15, 0.2) is 42.5 Å². The molecule has 0 aliphatic heterocycles. The number of rotatable bonds is 7. The number of carbonyl (C=O) groups is 2. The molecule has 0 saturated carbocycles. The van der Waals surface area contributed by atoms with Gasteiger partial charge in [0.1, 0.15) is 0 Å². The molecule has 6 nitrogen and oxygen atoms in total. The van der Waals surface area contributed by atoms with E-state index >= 15 is 0 Å². The Kier molecular flexibility index (Phi) is 6.38. The fourth-order valence-corrected chi connectivity index (χ4v) is 2.44. The summed E-state index contributed by atoms with van der Waals surface area (Å²) in [7, 11) is 4.57. The molecule has 26 heavy (non-hydrogen) atoms. The lowest BCUT2D eigenvalue weighted by atomic mass is 10.1. The van der Waals surface area contributed by atoms with Crippen LogP contribution in [0.2, 0.25) is 0 Å². The van der Waals surface area contributed by atoms with E-state index in [-0.39, 0.29) is 11.7 Å². The highest BCUT2D eigenvalue weighted by molar-refractivity contribution is 6.07. The maximum Gasteiger partial charge on any atom is 0.248 e. The number of methoxy groups -OCH3 is 3. The van der Waals surface area contributed by atoms with Crippen LogP contribution in [0.4, 0.5) is 5.69 Å². The van der Waals surface area contributed by atoms with E-state index in [4.69, 9.17) is 14.2 Å². The average molecular weight is 355 g/mol. The van der Waals surface area contributed by atoms with E-state index in [9.17, 15) is 9.59 Å². The van der Waals surface area contributed by atoms with Gasteiger partial charge in [0.2, 0.25) is 11.7 Å². The highest BCUT2D eigenvalue weighted by Gasteiger charge is 2.12. The minimum absolute atomic E-state index is 0.116. The van der Waals surface area contributed by atoms with Crippen molar-refractivity contribution in [3.8, 4) is 17.2 Å². The lowest BCUT2D eigenvalue weighted by molar-refractivity contribution is -0.111. The van der Waals surface area contributed by atoms with Crippen LogP contribution in [0.5, 0.6) is 17.2 Å². The van der Waals surface area contributed by atoms with Gasteiger partial charge in [-0.1, -0.05) is 12.1 Å². The van der Waals surface area contributed by atoms with Gasteiger partial charge in [-0.3, -0.25) is 9.59 Å². The Morgan fingerprint density at radius 3 is 2.12 bits per heavy atom. The summed E-state index contributed by atoms with van der Waals surface area (Å²) in [4.78, 5) is 23.8. The lowest BCUT2D eigenvalue weighted by Gasteiger charge is -2.12. The second kappa shape index (κ2) is 8.71. The smallest absolute Gasteiger partial charge is 0.248 e. The zero-order valence-electron chi connectivity index (χ0n) is 15.2. The summed E-state index contributed by atoms with van der Waals surface area (Å²) in [5, 5.41) is 2.71. The first-order chi connectivity index (χ1) is 12.5. The topological polar surface area (TPSA) is 73.9 Å². The zero-order chi connectivity index (χ0) is 19.1. The van der Waals surface area contributed by atoms with Crippen molar-refractivity contribution in [1.82, 2.24) is 0 Å². The molecule has 0 atom stereocenters. The molecule has 0 heterocycles. The number of nitrogens with one attached hydrogen (secondary N) is 1. The highest BCUT2D eigenvalue weighted by Crippen LogP contribution is 2.38. The normalized spacial score (nSPS) is 10.5. The summed E-state index contributed by atoms with van der Waals surface area (Å²) < 4.78 is 15.8. The summed E-state index contributed by atoms with van der Waals surface area (Å²) in [6.07, 6.45) is 2.99. The first-order valence-corrected chi connectivity index (χ1v) is 7.89. The molecule has 2 aromatic carbocycles. The molecule has 2 aromatic rings. The van der Waals surface area contributed by atoms with Crippen molar-refractivity contribution in [1.29, 1.82) is 0 Å². The first-order valence-electron chi connectivity index (χ1n) is 7.89. The summed E-state index contributed by atoms with van der Waals surface area (Å²) in [6, 6.07) is 10.3. The second-order valence-corrected chi connectivity index (χ2v) is 5.38. The lowest BCUT2D eigenvalue weighted by Crippen LogP contribution is -2.11. The monoisotopic (exact) mass is 355 g/mol. The van der Waals surface area contributed by atoms with Crippen LogP contribution in [0.25, 0.3) is 6.08 Å². The Hall–Kier alpha value is -3.28. The van der Waals surface area contributed by atoms with Gasteiger partial charge in [0, 0.05) is 11.6 Å². The third kappa shape index (κ3) is 4.42. The average Bonchev–Trinajstić information content (AvgIpc) is 2.65. The SMILES string of the molecule is COc1cc(/C=C/C(=O)Nc2ccccc2C(C)=O)cc(OC)c1OC. The summed E-state index contributed by atoms with van der Waals surface area (Å²) >= 11 is 0. The molecular formula is C20H21NO5. The van der Waals surface area contributed by atoms with Crippen LogP contribution in [-0.4, -0.2) is 33.0 Å². The molecule has 136 valence electrons. The van der Waals surface area contributed by atoms with Gasteiger partial charge >= 0.3 is 0 Å². The molecule has 6 heteroatoms. The number of Topliss-reactive ketones (excluding diaryl/α,β-unsaturated/α-hetero) is 1. The standard InChI is InChI=1S/C20H21NO5/c1-13(22)15-7-5-6-8-16(15)21-19(23)10-9-14-11-17(24-2)20(26-4)18(12-14)25-3/h5-12H,1-4H3,(H,21,23)/b10-9+. The summed E-state index contributed by atoms with van der Waals surface area (Å²) in [5.41, 5.74) is 1.64. The number of benzene rings is 2. The Labute approximate surface area is 152 Å². The maximum atomic E-state index is 12.2. The van der Waals surface area contributed by atoms with E-state index in [1.54, 1.807) is 42.5 Å². The maximum absolute atomic E-state index is 12.2. The van der Waals surface area contributed by atoms with Crippen LogP contribution in [0.1, 0.15) is 22.8 Å². The number of ether oxygens (including phenoxy) is 3. The minimum Gasteiger partial charge on any atom is -0.493 e. The largest absolute Gasteiger partial charge is 0.493 e. The van der Waals surface area contributed by atoms with Crippen molar-refractivity contribution in [3.05, 3.63) is 53.6 Å². The first kappa shape index (κ1) is 19.1. The van der Waals surface area contributed by atoms with Gasteiger partial charge < -0.3 is 19.5 Å². The number of ketones is 1. The van der Waals surface area contributed by atoms with Gasteiger partial charge in [-0.05, 0) is 42.8 Å². The van der Waals surface area contributed by atoms with E-state index in [1.807, 2.05) is 0 Å². The number of carbonyl (C=O) groups excluding carboxylic acids is 2. The molecule has 0 aromatic heterocycles. The molecule has 0 bridgehead atoms. The van der Waals surface area contributed by atoms with Crippen LogP contribution in [0, 0.1) is 0 Å². The van der Waals surface area contributed by atoms with Crippen LogP contribution in [-0.2, 0) is 4.79 Å². The number of amides is 1. The molecule has 0 aliphatic carbocycles. The van der Waals surface area contributed by atoms with Gasteiger partial charge in [-0.2, -0.15) is 0 Å². The van der Waals surface area contributed by atoms with Crippen molar-refractivity contribution in [2.24, 2.45) is 0 Å². The molecule has 1 N–H and O–H groups in total. The molecule has 0 saturated heterocycles. The minimum atomic E-state index is -0.354. The van der Waals surface area contributed by atoms with E-state index in [1.165, 1.54) is 34.3 Å². The van der Waals surface area contributed by atoms with Crippen molar-refractivity contribution in [2.45, 2.75) is 6.92 Å². The van der Waals surface area contributed by atoms with Crippen molar-refractivity contribution in [3.63, 3.8) is 0 Å². The molecule has 0 aliphatic rings. The Morgan fingerprint density at radius 1 is 0.962 bits per heavy atom. The van der Waals surface area contributed by atoms with Crippen molar-refractivity contribution < 1.29 is 23.8 Å². The predicted molar refractivity (Wildman–Crippen MR) is 100 cm³/mol. The third-order valence-electron chi connectivity index (χ3n) is 3.68. The van der Waals surface area contributed by atoms with Crippen LogP contribution >= 0.6 is 0 Å². The Bertz CT molecular complexity index is 817. The van der Waals surface area contributed by atoms with Gasteiger partial charge in [0.25, 0.3) is 0 Å². The zero-order valence-corrected chi connectivity index (χ0v) is 15.2. The number of para-hydroxylation sites is 1. The summed E-state index contributed by atoms with van der Waals surface area (Å²) in [5.74, 6) is 0.997. The molecule has 2 rings (SSSR count). The van der Waals surface area contributed by atoms with E-state index in [0.29, 0.717) is 34.1 Å². The molecule has 1 amide bonds. The number of anilines is 1. The summed E-state index contributed by atoms with van der Waals surface area (Å²) in [6.45, 7) is 1.46. The second-order valence-electron chi connectivity index (χ2n) is 5.38. The van der Waals surface area contributed by atoms with Gasteiger partial charge in [0.15, 0.2) is 17.3 Å². The van der Waals surface area contributed by atoms with Crippen LogP contribution < -0.4 is 19.5 Å². The third-order valence-corrected chi connectivity index (χ3v) is 3.68. The molecule has 0 radical (unpaired) electrons. The van der Waals surface area contributed by atoms with Crippen molar-refractivity contribution in [2.75, 3.05) is 26.6 Å². The number of hydrogen-bond acceptors (Lipinski definition) is 5. The van der Waals surface area contributed by atoms with Gasteiger partial charge in [-0.15, -0.1) is 0 Å². The van der Waals surface area contributed by atoms with E-state index < -0.39 is 0 Å². The molecule has 0 spiro atoms. The quantitative estimate of drug-likeness (QED) is 0.607. The van der Waals surface area contributed by atoms with Gasteiger partial charge in [-0.25, -0.2) is 0 Å². The van der Waals surface area contributed by atoms with Crippen LogP contribution in [0.3, 0.4) is 0 Å². The van der Waals surface area contributed by atoms with E-state index in [0.717, 1.165) is 0 Å². The Morgan fingerprint density at radius 2 is 1.58 bits per heavy atom. The number of hydrogen-bond donors (Lipinski definition) is 1. The van der Waals surface area contributed by atoms with Gasteiger partial charge in [0.05, 0.1) is 27.0 Å². The molecule has 0 unspecified atom stereocenters. The Balaban J connectivity index is 2.22. The fourth-order valence-electron chi connectivity index (χ4n) is 2.44. The predicted octanol–water partition coefficient (Wildman–Crippen LogP) is 3.57. The van der Waals surface area contributed by atoms with Crippen molar-refractivity contribution >= 4 is 23.5 Å². The molecule has 0 fully saturated rings. The molecular weight excluding hydrogens is 334 g/mol. The fraction of sp³-hybridized carbons (Fsp3) is 0.200. The van der Waals surface area contributed by atoms with E-state index in [2.05, 4.69) is 5.32 Å².